The summed E-state index contributed by atoms with van der Waals surface area (Å²) in [6, 6.07) is -0.0543. The molecule has 2 heterocycles. The molecule has 1 amide bonds. The first-order chi connectivity index (χ1) is 10.4. The van der Waals surface area contributed by atoms with Crippen molar-refractivity contribution in [2.45, 2.75) is 24.5 Å². The first-order valence-corrected chi connectivity index (χ1v) is 9.85. The smallest absolute Gasteiger partial charge is 0.234 e. The lowest BCUT2D eigenvalue weighted by Gasteiger charge is -2.22. The lowest BCUT2D eigenvalue weighted by atomic mass is 10.2. The maximum atomic E-state index is 11.8. The van der Waals surface area contributed by atoms with E-state index in [-0.39, 0.29) is 30.0 Å². The van der Waals surface area contributed by atoms with Gasteiger partial charge < -0.3 is 5.32 Å². The van der Waals surface area contributed by atoms with Crippen molar-refractivity contribution in [2.24, 2.45) is 0 Å². The lowest BCUT2D eigenvalue weighted by Crippen LogP contribution is -2.41. The van der Waals surface area contributed by atoms with E-state index in [1.54, 1.807) is 7.05 Å². The average Bonchev–Trinajstić information content (AvgIpc) is 3.00. The number of hydrogen-bond acceptors (Lipinski definition) is 7. The molecule has 0 radical (unpaired) electrons. The predicted molar refractivity (Wildman–Crippen MR) is 84.5 cm³/mol. The van der Waals surface area contributed by atoms with E-state index in [1.807, 2.05) is 11.8 Å². The topological polar surface area (TPSA) is 108 Å². The normalized spacial score (nSPS) is 20.4. The number of aromatic amines is 1. The molecule has 0 unspecified atom stereocenters. The number of aryl methyl sites for hydroxylation is 1. The fourth-order valence-corrected chi connectivity index (χ4v) is 4.76. The zero-order valence-corrected chi connectivity index (χ0v) is 14.3. The number of carbonyl (C=O) groups is 1. The van der Waals surface area contributed by atoms with Gasteiger partial charge in [-0.2, -0.15) is 0 Å². The van der Waals surface area contributed by atoms with Crippen molar-refractivity contribution in [3.8, 4) is 0 Å². The highest BCUT2D eigenvalue weighted by atomic mass is 32.2. The molecule has 1 atom stereocenters. The summed E-state index contributed by atoms with van der Waals surface area (Å²) >= 11 is 1.47. The van der Waals surface area contributed by atoms with Crippen LogP contribution in [0.1, 0.15) is 12.2 Å². The molecule has 1 aliphatic heterocycles. The van der Waals surface area contributed by atoms with E-state index in [9.17, 15) is 13.2 Å². The van der Waals surface area contributed by atoms with Gasteiger partial charge in [0.25, 0.3) is 0 Å². The average molecular weight is 347 g/mol. The van der Waals surface area contributed by atoms with Crippen LogP contribution in [-0.2, 0) is 14.6 Å². The molecular formula is C12H21N5O3S2. The SMILES string of the molecule is Cc1nc(SCCNC(=O)CN(C)[C@@H]2CCS(=O)(=O)C2)n[nH]1. The summed E-state index contributed by atoms with van der Waals surface area (Å²) < 4.78 is 22.9. The molecule has 1 aromatic heterocycles. The highest BCUT2D eigenvalue weighted by molar-refractivity contribution is 7.99. The van der Waals surface area contributed by atoms with Crippen LogP contribution in [0.5, 0.6) is 0 Å². The first-order valence-electron chi connectivity index (χ1n) is 7.05. The van der Waals surface area contributed by atoms with Crippen molar-refractivity contribution < 1.29 is 13.2 Å². The van der Waals surface area contributed by atoms with Crippen LogP contribution >= 0.6 is 11.8 Å². The second kappa shape index (κ2) is 7.42. The van der Waals surface area contributed by atoms with Gasteiger partial charge in [0.05, 0.1) is 18.1 Å². The highest BCUT2D eigenvalue weighted by Crippen LogP contribution is 2.16. The van der Waals surface area contributed by atoms with E-state index in [2.05, 4.69) is 20.5 Å². The Balaban J connectivity index is 1.63. The third-order valence-electron chi connectivity index (χ3n) is 3.46. The molecule has 1 aliphatic rings. The van der Waals surface area contributed by atoms with E-state index >= 15 is 0 Å². The molecule has 2 rings (SSSR count). The van der Waals surface area contributed by atoms with Crippen molar-refractivity contribution in [3.05, 3.63) is 5.82 Å². The van der Waals surface area contributed by atoms with Crippen molar-refractivity contribution >= 4 is 27.5 Å². The number of carbonyl (C=O) groups excluding carboxylic acids is 1. The fourth-order valence-electron chi connectivity index (χ4n) is 2.25. The van der Waals surface area contributed by atoms with Gasteiger partial charge in [-0.15, -0.1) is 5.10 Å². The van der Waals surface area contributed by atoms with Gasteiger partial charge in [0.15, 0.2) is 9.84 Å². The van der Waals surface area contributed by atoms with Gasteiger partial charge in [-0.25, -0.2) is 13.4 Å². The summed E-state index contributed by atoms with van der Waals surface area (Å²) in [6.07, 6.45) is 0.603. The number of sulfone groups is 1. The monoisotopic (exact) mass is 347 g/mol. The zero-order valence-electron chi connectivity index (χ0n) is 12.7. The number of aromatic nitrogens is 3. The fraction of sp³-hybridized carbons (Fsp3) is 0.750. The van der Waals surface area contributed by atoms with Crippen LogP contribution in [0.25, 0.3) is 0 Å². The molecule has 2 N–H and O–H groups in total. The summed E-state index contributed by atoms with van der Waals surface area (Å²) in [4.78, 5) is 17.8. The minimum Gasteiger partial charge on any atom is -0.354 e. The number of thioether (sulfide) groups is 1. The third-order valence-corrected chi connectivity index (χ3v) is 6.06. The largest absolute Gasteiger partial charge is 0.354 e. The molecule has 1 aromatic rings. The second-order valence-corrected chi connectivity index (χ2v) is 8.66. The minimum absolute atomic E-state index is 0.0543. The lowest BCUT2D eigenvalue weighted by molar-refractivity contribution is -0.122. The van der Waals surface area contributed by atoms with Gasteiger partial charge in [0.2, 0.25) is 11.1 Å². The first kappa shape index (κ1) is 17.2. The van der Waals surface area contributed by atoms with Crippen LogP contribution in [0.4, 0.5) is 0 Å². The molecule has 0 spiro atoms. The number of nitrogens with zero attached hydrogens (tertiary/aromatic N) is 3. The Bertz CT molecular complexity index is 616. The standard InChI is InChI=1S/C12H21N5O3S2/c1-9-14-12(16-15-9)21-5-4-13-11(18)7-17(2)10-3-6-22(19,20)8-10/h10H,3-8H2,1-2H3,(H,13,18)(H,14,15,16)/t10-/m1/s1. The number of nitrogens with one attached hydrogen (secondary N) is 2. The molecule has 0 bridgehead atoms. The van der Waals surface area contributed by atoms with Crippen LogP contribution in [-0.4, -0.2) is 77.8 Å². The predicted octanol–water partition coefficient (Wildman–Crippen LogP) is -0.560. The van der Waals surface area contributed by atoms with E-state index in [1.165, 1.54) is 11.8 Å². The van der Waals surface area contributed by atoms with Gasteiger partial charge in [-0.1, -0.05) is 11.8 Å². The number of rotatable bonds is 7. The third kappa shape index (κ3) is 5.25. The Morgan fingerprint density at radius 3 is 2.91 bits per heavy atom. The number of amides is 1. The van der Waals surface area contributed by atoms with Crippen molar-refractivity contribution in [1.82, 2.24) is 25.4 Å². The molecular weight excluding hydrogens is 326 g/mol. The van der Waals surface area contributed by atoms with Gasteiger partial charge in [0, 0.05) is 18.3 Å². The van der Waals surface area contributed by atoms with Gasteiger partial charge in [-0.05, 0) is 20.4 Å². The number of likely N-dealkylation sites (N-methyl/N-ethyl adjacent to an activating group) is 1. The molecule has 1 fully saturated rings. The van der Waals surface area contributed by atoms with Crippen molar-refractivity contribution in [2.75, 3.05) is 37.4 Å². The summed E-state index contributed by atoms with van der Waals surface area (Å²) in [5, 5.41) is 10.2. The van der Waals surface area contributed by atoms with E-state index in [0.29, 0.717) is 23.9 Å². The molecule has 8 nitrogen and oxygen atoms in total. The van der Waals surface area contributed by atoms with Crippen molar-refractivity contribution in [1.29, 1.82) is 0 Å². The molecule has 0 aliphatic carbocycles. The van der Waals surface area contributed by atoms with Crippen molar-refractivity contribution in [3.63, 3.8) is 0 Å². The zero-order chi connectivity index (χ0) is 16.2. The summed E-state index contributed by atoms with van der Waals surface area (Å²) in [5.74, 6) is 1.72. The second-order valence-electron chi connectivity index (χ2n) is 5.37. The Kier molecular flexibility index (Phi) is 5.81. The maximum Gasteiger partial charge on any atom is 0.234 e. The Hall–Kier alpha value is -1.13. The van der Waals surface area contributed by atoms with Crippen LogP contribution in [0.3, 0.4) is 0 Å². The van der Waals surface area contributed by atoms with Gasteiger partial charge in [-0.3, -0.25) is 14.8 Å². The maximum absolute atomic E-state index is 11.8. The summed E-state index contributed by atoms with van der Waals surface area (Å²) in [5.41, 5.74) is 0. The highest BCUT2D eigenvalue weighted by Gasteiger charge is 2.31. The van der Waals surface area contributed by atoms with Crippen LogP contribution < -0.4 is 5.32 Å². The number of hydrogen-bond donors (Lipinski definition) is 2. The Labute approximate surface area is 134 Å². The quantitative estimate of drug-likeness (QED) is 0.503. The van der Waals surface area contributed by atoms with E-state index in [0.717, 1.165) is 5.82 Å². The van der Waals surface area contributed by atoms with E-state index < -0.39 is 9.84 Å². The minimum atomic E-state index is -2.92. The summed E-state index contributed by atoms with van der Waals surface area (Å²) in [7, 11) is -1.13. The van der Waals surface area contributed by atoms with Crippen LogP contribution in [0.15, 0.2) is 5.16 Å². The van der Waals surface area contributed by atoms with Crippen LogP contribution in [0, 0.1) is 6.92 Å². The van der Waals surface area contributed by atoms with Gasteiger partial charge in [0.1, 0.15) is 5.82 Å². The molecule has 0 saturated carbocycles. The molecule has 10 heteroatoms. The Morgan fingerprint density at radius 1 is 1.55 bits per heavy atom. The molecule has 1 saturated heterocycles. The number of H-pyrrole nitrogens is 1. The molecule has 124 valence electrons. The summed E-state index contributed by atoms with van der Waals surface area (Å²) in [6.45, 7) is 2.57. The Morgan fingerprint density at radius 2 is 2.32 bits per heavy atom. The van der Waals surface area contributed by atoms with Gasteiger partial charge >= 0.3 is 0 Å². The molecule has 22 heavy (non-hydrogen) atoms. The van der Waals surface area contributed by atoms with Crippen LogP contribution in [0.2, 0.25) is 0 Å². The van der Waals surface area contributed by atoms with E-state index in [4.69, 9.17) is 0 Å². The molecule has 0 aromatic carbocycles.